The molecule has 0 radical (unpaired) electrons. The minimum Gasteiger partial charge on any atom is -0.353 e. The third-order valence-corrected chi connectivity index (χ3v) is 3.61. The minimum absolute atomic E-state index is 0.0660. The second-order valence-electron chi connectivity index (χ2n) is 4.91. The zero-order valence-corrected chi connectivity index (χ0v) is 11.5. The molecule has 2 aromatic rings. The number of hydrogen-bond acceptors (Lipinski definition) is 4. The highest BCUT2D eigenvalue weighted by atomic mass is 16.2. The molecule has 0 bridgehead atoms. The molecule has 1 amide bonds. The quantitative estimate of drug-likeness (QED) is 0.859. The Morgan fingerprint density at radius 1 is 1.14 bits per heavy atom. The molecule has 6 nitrogen and oxygen atoms in total. The van der Waals surface area contributed by atoms with E-state index < -0.39 is 0 Å². The Bertz CT molecular complexity index is 630. The van der Waals surface area contributed by atoms with E-state index in [0.717, 1.165) is 18.9 Å². The number of rotatable bonds is 3. The van der Waals surface area contributed by atoms with E-state index in [4.69, 9.17) is 0 Å². The van der Waals surface area contributed by atoms with Crippen LogP contribution in [0.15, 0.2) is 36.5 Å². The van der Waals surface area contributed by atoms with Gasteiger partial charge in [0.15, 0.2) is 6.29 Å². The van der Waals surface area contributed by atoms with Gasteiger partial charge in [0, 0.05) is 32.4 Å². The topological polar surface area (TPSA) is 69.3 Å². The van der Waals surface area contributed by atoms with Crippen molar-refractivity contribution in [2.75, 3.05) is 31.1 Å². The summed E-state index contributed by atoms with van der Waals surface area (Å²) in [6.45, 7) is 2.80. The van der Waals surface area contributed by atoms with E-state index in [1.165, 1.54) is 0 Å². The van der Waals surface area contributed by atoms with Crippen molar-refractivity contribution in [3.63, 3.8) is 0 Å². The molecule has 0 atom stereocenters. The molecule has 6 heteroatoms. The van der Waals surface area contributed by atoms with Gasteiger partial charge >= 0.3 is 0 Å². The molecular weight excluding hydrogens is 268 g/mol. The Morgan fingerprint density at radius 2 is 1.95 bits per heavy atom. The third kappa shape index (κ3) is 2.79. The summed E-state index contributed by atoms with van der Waals surface area (Å²) in [5.74, 6) is 0.872. The number of carbonyl (C=O) groups excluding carboxylic acids is 2. The van der Waals surface area contributed by atoms with Gasteiger partial charge in [0.25, 0.3) is 5.91 Å². The number of piperazine rings is 1. The number of aromatic nitrogens is 2. The minimum atomic E-state index is -0.0660. The number of aldehydes is 1. The van der Waals surface area contributed by atoms with Crippen LogP contribution in [0.3, 0.4) is 0 Å². The fraction of sp³-hybridized carbons (Fsp3) is 0.267. The number of nitrogens with zero attached hydrogens (tertiary/aromatic N) is 3. The summed E-state index contributed by atoms with van der Waals surface area (Å²) in [7, 11) is 0. The molecule has 3 rings (SSSR count). The van der Waals surface area contributed by atoms with Gasteiger partial charge in [-0.1, -0.05) is 6.07 Å². The molecule has 1 N–H and O–H groups in total. The molecule has 1 aliphatic heterocycles. The van der Waals surface area contributed by atoms with E-state index in [1.54, 1.807) is 23.2 Å². The van der Waals surface area contributed by atoms with Gasteiger partial charge in [-0.15, -0.1) is 0 Å². The maximum Gasteiger partial charge on any atom is 0.270 e. The van der Waals surface area contributed by atoms with Gasteiger partial charge in [-0.25, -0.2) is 4.98 Å². The Kier molecular flexibility index (Phi) is 3.68. The maximum atomic E-state index is 12.3. The first-order chi connectivity index (χ1) is 10.3. The molecule has 0 aromatic carbocycles. The van der Waals surface area contributed by atoms with Crippen LogP contribution in [-0.4, -0.2) is 53.2 Å². The van der Waals surface area contributed by atoms with E-state index >= 15 is 0 Å². The molecule has 0 aliphatic carbocycles. The van der Waals surface area contributed by atoms with Crippen LogP contribution in [0.4, 0.5) is 5.82 Å². The normalized spacial score (nSPS) is 15.0. The molecular formula is C15H16N4O2. The van der Waals surface area contributed by atoms with Gasteiger partial charge in [-0.05, 0) is 24.3 Å². The summed E-state index contributed by atoms with van der Waals surface area (Å²) in [6.07, 6.45) is 2.47. The van der Waals surface area contributed by atoms with E-state index in [1.807, 2.05) is 18.2 Å². The summed E-state index contributed by atoms with van der Waals surface area (Å²) in [6, 6.07) is 9.08. The summed E-state index contributed by atoms with van der Waals surface area (Å²) < 4.78 is 0. The fourth-order valence-electron chi connectivity index (χ4n) is 2.46. The largest absolute Gasteiger partial charge is 0.353 e. The summed E-state index contributed by atoms with van der Waals surface area (Å²) in [5.41, 5.74) is 0.883. The highest BCUT2D eigenvalue weighted by Gasteiger charge is 2.23. The Morgan fingerprint density at radius 3 is 2.57 bits per heavy atom. The van der Waals surface area contributed by atoms with Crippen molar-refractivity contribution in [3.8, 4) is 0 Å². The first-order valence-electron chi connectivity index (χ1n) is 6.87. The van der Waals surface area contributed by atoms with Gasteiger partial charge in [-0.3, -0.25) is 9.59 Å². The monoisotopic (exact) mass is 284 g/mol. The number of pyridine rings is 1. The standard InChI is InChI=1S/C15H16N4O2/c20-11-12-4-5-13(17-12)15(21)19-9-7-18(8-10-19)14-3-1-2-6-16-14/h1-6,11,17H,7-10H2. The highest BCUT2D eigenvalue weighted by Crippen LogP contribution is 2.14. The van der Waals surface area contributed by atoms with Crippen LogP contribution in [0.5, 0.6) is 0 Å². The van der Waals surface area contributed by atoms with Crippen LogP contribution in [0, 0.1) is 0 Å². The summed E-state index contributed by atoms with van der Waals surface area (Å²) in [5, 5.41) is 0. The van der Waals surface area contributed by atoms with Crippen molar-refractivity contribution < 1.29 is 9.59 Å². The maximum absolute atomic E-state index is 12.3. The van der Waals surface area contributed by atoms with Crippen molar-refractivity contribution in [2.45, 2.75) is 0 Å². The SMILES string of the molecule is O=Cc1ccc(C(=O)N2CCN(c3ccccn3)CC2)[nH]1. The summed E-state index contributed by atoms with van der Waals surface area (Å²) in [4.78, 5) is 34.1. The van der Waals surface area contributed by atoms with Crippen molar-refractivity contribution >= 4 is 18.0 Å². The smallest absolute Gasteiger partial charge is 0.270 e. The number of hydrogen-bond donors (Lipinski definition) is 1. The average Bonchev–Trinajstić information content (AvgIpc) is 3.04. The number of amides is 1. The zero-order valence-electron chi connectivity index (χ0n) is 11.5. The average molecular weight is 284 g/mol. The first-order valence-corrected chi connectivity index (χ1v) is 6.87. The predicted octanol–water partition coefficient (Wildman–Crippen LogP) is 1.18. The van der Waals surface area contributed by atoms with Crippen LogP contribution in [0.25, 0.3) is 0 Å². The Balaban J connectivity index is 1.63. The second-order valence-corrected chi connectivity index (χ2v) is 4.91. The van der Waals surface area contributed by atoms with Crippen LogP contribution in [-0.2, 0) is 0 Å². The number of aromatic amines is 1. The number of anilines is 1. The lowest BCUT2D eigenvalue weighted by atomic mass is 10.2. The van der Waals surface area contributed by atoms with E-state index in [2.05, 4.69) is 14.9 Å². The molecule has 0 spiro atoms. The van der Waals surface area contributed by atoms with E-state index in [0.29, 0.717) is 30.8 Å². The van der Waals surface area contributed by atoms with E-state index in [9.17, 15) is 9.59 Å². The summed E-state index contributed by atoms with van der Waals surface area (Å²) >= 11 is 0. The molecule has 0 saturated carbocycles. The molecule has 108 valence electrons. The predicted molar refractivity (Wildman–Crippen MR) is 78.5 cm³/mol. The van der Waals surface area contributed by atoms with Crippen LogP contribution in [0.2, 0.25) is 0 Å². The van der Waals surface area contributed by atoms with Crippen molar-refractivity contribution in [1.82, 2.24) is 14.9 Å². The molecule has 3 heterocycles. The van der Waals surface area contributed by atoms with Crippen LogP contribution >= 0.6 is 0 Å². The fourth-order valence-corrected chi connectivity index (χ4v) is 2.46. The molecule has 1 aliphatic rings. The van der Waals surface area contributed by atoms with Crippen molar-refractivity contribution in [1.29, 1.82) is 0 Å². The molecule has 1 fully saturated rings. The van der Waals surface area contributed by atoms with Gasteiger partial charge in [0.1, 0.15) is 11.5 Å². The molecule has 1 saturated heterocycles. The van der Waals surface area contributed by atoms with Crippen molar-refractivity contribution in [2.24, 2.45) is 0 Å². The Hall–Kier alpha value is -2.63. The Labute approximate surface area is 122 Å². The van der Waals surface area contributed by atoms with Gasteiger partial charge < -0.3 is 14.8 Å². The lowest BCUT2D eigenvalue weighted by molar-refractivity contribution is 0.0741. The first kappa shape index (κ1) is 13.4. The van der Waals surface area contributed by atoms with Gasteiger partial charge in [0.2, 0.25) is 0 Å². The highest BCUT2D eigenvalue weighted by molar-refractivity contribution is 5.93. The van der Waals surface area contributed by atoms with Gasteiger partial charge in [0.05, 0.1) is 5.69 Å². The molecule has 21 heavy (non-hydrogen) atoms. The molecule has 2 aromatic heterocycles. The third-order valence-electron chi connectivity index (χ3n) is 3.61. The number of nitrogens with one attached hydrogen (secondary N) is 1. The number of H-pyrrole nitrogens is 1. The number of carbonyl (C=O) groups is 2. The zero-order chi connectivity index (χ0) is 14.7. The lowest BCUT2D eigenvalue weighted by Gasteiger charge is -2.35. The van der Waals surface area contributed by atoms with Crippen LogP contribution < -0.4 is 4.90 Å². The second kappa shape index (κ2) is 5.78. The molecule has 0 unspecified atom stereocenters. The lowest BCUT2D eigenvalue weighted by Crippen LogP contribution is -2.49. The van der Waals surface area contributed by atoms with Crippen molar-refractivity contribution in [3.05, 3.63) is 47.9 Å². The van der Waals surface area contributed by atoms with E-state index in [-0.39, 0.29) is 5.91 Å². The van der Waals surface area contributed by atoms with Gasteiger partial charge in [-0.2, -0.15) is 0 Å². The van der Waals surface area contributed by atoms with Crippen LogP contribution in [0.1, 0.15) is 21.0 Å².